The van der Waals surface area contributed by atoms with E-state index in [4.69, 9.17) is 14.7 Å². The molecule has 0 rings (SSSR count). The van der Waals surface area contributed by atoms with Crippen LogP contribution in [0.25, 0.3) is 0 Å². The monoisotopic (exact) mass is 221 g/mol. The third-order valence-electron chi connectivity index (χ3n) is 0. The van der Waals surface area contributed by atoms with Crippen molar-refractivity contribution in [3.8, 4) is 0 Å². The molecule has 0 aliphatic rings. The average molecular weight is 221 g/mol. The van der Waals surface area contributed by atoms with E-state index in [2.05, 4.69) is 0 Å². The zero-order valence-electron chi connectivity index (χ0n) is 2.37. The second kappa shape index (κ2) is 5.50. The first-order valence-corrected chi connectivity index (χ1v) is 1.80. The summed E-state index contributed by atoms with van der Waals surface area (Å²) in [5.41, 5.74) is 0. The number of hydrogen-bond acceptors (Lipinski definition) is 3. The van der Waals surface area contributed by atoms with E-state index in [9.17, 15) is 0 Å². The van der Waals surface area contributed by atoms with Crippen LogP contribution in [0.15, 0.2) is 0 Å². The van der Waals surface area contributed by atoms with Crippen LogP contribution in [0, 0.1) is 35.6 Å². The second-order valence-corrected chi connectivity index (χ2v) is 0.805. The summed E-state index contributed by atoms with van der Waals surface area (Å²) >= 11 is 0. The van der Waals surface area contributed by atoms with E-state index >= 15 is 0 Å². The molecule has 29 valence electrons. The molecule has 0 unspecified atom stereocenters. The van der Waals surface area contributed by atoms with Gasteiger partial charge in [0.25, 0.3) is 0 Å². The molecule has 3 nitrogen and oxygen atoms in total. The Morgan fingerprint density at radius 2 is 1.00 bits per heavy atom. The van der Waals surface area contributed by atoms with Gasteiger partial charge in [0, 0.05) is 35.6 Å². The largest absolute Gasteiger partial charge is 0.328 e. The first kappa shape index (κ1) is 9.71. The molecule has 0 heterocycles. The van der Waals surface area contributed by atoms with Gasteiger partial charge in [-0.1, -0.05) is 0 Å². The summed E-state index contributed by atoms with van der Waals surface area (Å²) < 4.78 is 0. The van der Waals surface area contributed by atoms with Gasteiger partial charge in [-0.05, 0) is 0 Å². The Bertz CT molecular complexity index is 11.6. The van der Waals surface area contributed by atoms with Crippen molar-refractivity contribution in [2.24, 2.45) is 0 Å². The van der Waals surface area contributed by atoms with Crippen LogP contribution in [0.4, 0.5) is 0 Å². The predicted octanol–water partition coefficient (Wildman–Crippen LogP) is -0.810. The zero-order chi connectivity index (χ0) is 3.58. The topological polar surface area (TPSA) is 60.7 Å². The predicted molar refractivity (Wildman–Crippen MR) is 13.6 cm³/mol. The maximum atomic E-state index is 7.23. The summed E-state index contributed by atoms with van der Waals surface area (Å²) in [5, 5.41) is 0. The van der Waals surface area contributed by atoms with Crippen molar-refractivity contribution in [3.63, 3.8) is 0 Å². The van der Waals surface area contributed by atoms with Crippen LogP contribution < -0.4 is 0 Å². The second-order valence-electron chi connectivity index (χ2n) is 0.268. The van der Waals surface area contributed by atoms with Gasteiger partial charge in [0.1, 0.15) is 0 Å². The minimum absolute atomic E-state index is 0. The SMILES string of the molecule is OP(O)O.[La]. The first-order valence-electron chi connectivity index (χ1n) is 0.600. The Labute approximate surface area is 58.6 Å². The van der Waals surface area contributed by atoms with Crippen molar-refractivity contribution in [1.29, 1.82) is 0 Å². The maximum absolute atomic E-state index is 7.23. The number of hydrogen-bond donors (Lipinski definition) is 3. The Kier molecular flexibility index (Phi) is 10.7. The van der Waals surface area contributed by atoms with Crippen molar-refractivity contribution in [3.05, 3.63) is 0 Å². The average Bonchev–Trinajstić information content (AvgIpc) is 0.811. The molecule has 5 heteroatoms. The van der Waals surface area contributed by atoms with E-state index in [0.717, 1.165) is 0 Å². The molecule has 0 aliphatic carbocycles. The normalized spacial score (nSPS) is 7.20. The summed E-state index contributed by atoms with van der Waals surface area (Å²) in [4.78, 5) is 21.7. The minimum atomic E-state index is -2.62. The summed E-state index contributed by atoms with van der Waals surface area (Å²) in [6.45, 7) is 0. The van der Waals surface area contributed by atoms with Crippen molar-refractivity contribution in [2.45, 2.75) is 0 Å². The van der Waals surface area contributed by atoms with Gasteiger partial charge in [0.05, 0.1) is 0 Å². The van der Waals surface area contributed by atoms with Gasteiger partial charge >= 0.3 is 8.60 Å². The van der Waals surface area contributed by atoms with E-state index in [1.54, 1.807) is 0 Å². The summed E-state index contributed by atoms with van der Waals surface area (Å²) in [7, 11) is -2.62. The van der Waals surface area contributed by atoms with Gasteiger partial charge in [0.15, 0.2) is 0 Å². The van der Waals surface area contributed by atoms with Gasteiger partial charge in [-0.3, -0.25) is 0 Å². The molecule has 0 aromatic rings. The molecule has 0 amide bonds. The Hall–Kier alpha value is 1.50. The van der Waals surface area contributed by atoms with Gasteiger partial charge in [-0.25, -0.2) is 0 Å². The molecule has 0 spiro atoms. The fraction of sp³-hybridized carbons (Fsp3) is 0. The fourth-order valence-electron chi connectivity index (χ4n) is 0. The molecule has 0 aliphatic heterocycles. The van der Waals surface area contributed by atoms with E-state index in [-0.39, 0.29) is 35.6 Å². The van der Waals surface area contributed by atoms with Crippen LogP contribution in [-0.4, -0.2) is 14.7 Å². The standard InChI is InChI=1S/La.H3O3P/c;1-4(2)3/h;1-3H. The first-order chi connectivity index (χ1) is 1.73. The Balaban J connectivity index is 0. The van der Waals surface area contributed by atoms with Crippen molar-refractivity contribution < 1.29 is 50.3 Å². The summed E-state index contributed by atoms with van der Waals surface area (Å²) in [6, 6.07) is 0. The van der Waals surface area contributed by atoms with Gasteiger partial charge < -0.3 is 14.7 Å². The molecule has 0 fully saturated rings. The van der Waals surface area contributed by atoms with Crippen molar-refractivity contribution >= 4 is 8.60 Å². The quantitative estimate of drug-likeness (QED) is 0.469. The number of rotatable bonds is 0. The molecule has 0 saturated heterocycles. The molecule has 5 heavy (non-hydrogen) atoms. The van der Waals surface area contributed by atoms with Crippen LogP contribution in [0.2, 0.25) is 0 Å². The molecule has 0 bridgehead atoms. The summed E-state index contributed by atoms with van der Waals surface area (Å²) in [6.07, 6.45) is 0. The van der Waals surface area contributed by atoms with Gasteiger partial charge in [0.2, 0.25) is 0 Å². The third-order valence-corrected chi connectivity index (χ3v) is 0. The molecular weight excluding hydrogens is 218 g/mol. The molecular formula is H3LaO3P. The van der Waals surface area contributed by atoms with Gasteiger partial charge in [-0.2, -0.15) is 0 Å². The minimum Gasteiger partial charge on any atom is -0.328 e. The van der Waals surface area contributed by atoms with E-state index < -0.39 is 8.60 Å². The fourth-order valence-corrected chi connectivity index (χ4v) is 0. The Morgan fingerprint density at radius 1 is 1.00 bits per heavy atom. The van der Waals surface area contributed by atoms with Crippen LogP contribution >= 0.6 is 8.60 Å². The molecule has 0 aromatic heterocycles. The van der Waals surface area contributed by atoms with E-state index in [1.807, 2.05) is 0 Å². The van der Waals surface area contributed by atoms with Crippen molar-refractivity contribution in [1.82, 2.24) is 0 Å². The molecule has 0 atom stereocenters. The van der Waals surface area contributed by atoms with Crippen molar-refractivity contribution in [2.75, 3.05) is 0 Å². The molecule has 0 aromatic carbocycles. The molecule has 3 N–H and O–H groups in total. The van der Waals surface area contributed by atoms with Crippen LogP contribution in [0.1, 0.15) is 0 Å². The van der Waals surface area contributed by atoms with Crippen LogP contribution in [0.3, 0.4) is 0 Å². The van der Waals surface area contributed by atoms with Crippen LogP contribution in [0.5, 0.6) is 0 Å². The Morgan fingerprint density at radius 3 is 1.00 bits per heavy atom. The van der Waals surface area contributed by atoms with Gasteiger partial charge in [-0.15, -0.1) is 0 Å². The van der Waals surface area contributed by atoms with E-state index in [0.29, 0.717) is 0 Å². The zero-order valence-corrected chi connectivity index (χ0v) is 6.89. The third kappa shape index (κ3) is 29.9. The van der Waals surface area contributed by atoms with Crippen LogP contribution in [-0.2, 0) is 0 Å². The smallest absolute Gasteiger partial charge is 0.324 e. The van der Waals surface area contributed by atoms with E-state index in [1.165, 1.54) is 0 Å². The molecule has 1 radical (unpaired) electrons. The summed E-state index contributed by atoms with van der Waals surface area (Å²) in [5.74, 6) is 0. The maximum Gasteiger partial charge on any atom is 0.324 e. The molecule has 0 saturated carbocycles.